The molecule has 1 aromatic heterocycles. The van der Waals surface area contributed by atoms with E-state index in [2.05, 4.69) is 44.1 Å². The SMILES string of the molecule is CC(C)=CC1C(C(=O)Nc2ccncc2)C1(C)C. The molecule has 18 heavy (non-hydrogen) atoms. The average molecular weight is 244 g/mol. The van der Waals surface area contributed by atoms with Crippen LogP contribution >= 0.6 is 0 Å². The molecule has 0 spiro atoms. The molecule has 2 atom stereocenters. The average Bonchev–Trinajstić information content (AvgIpc) is 2.80. The van der Waals surface area contributed by atoms with Gasteiger partial charge in [-0.15, -0.1) is 0 Å². The number of carbonyl (C=O) groups is 1. The van der Waals surface area contributed by atoms with Crippen molar-refractivity contribution in [1.29, 1.82) is 0 Å². The molecule has 1 aliphatic carbocycles. The summed E-state index contributed by atoms with van der Waals surface area (Å²) in [4.78, 5) is 16.2. The first kappa shape index (κ1) is 12.8. The Kier molecular flexibility index (Phi) is 3.24. The number of nitrogens with one attached hydrogen (secondary N) is 1. The largest absolute Gasteiger partial charge is 0.326 e. The van der Waals surface area contributed by atoms with Gasteiger partial charge in [-0.3, -0.25) is 9.78 Å². The molecule has 0 saturated heterocycles. The molecule has 1 saturated carbocycles. The molecule has 0 aliphatic heterocycles. The zero-order valence-corrected chi connectivity index (χ0v) is 11.4. The van der Waals surface area contributed by atoms with Gasteiger partial charge >= 0.3 is 0 Å². The van der Waals surface area contributed by atoms with Crippen LogP contribution in [0.15, 0.2) is 36.2 Å². The number of aromatic nitrogens is 1. The smallest absolute Gasteiger partial charge is 0.228 e. The molecule has 3 heteroatoms. The molecule has 1 fully saturated rings. The van der Waals surface area contributed by atoms with Crippen LogP contribution in [0.1, 0.15) is 27.7 Å². The van der Waals surface area contributed by atoms with Gasteiger partial charge in [0.2, 0.25) is 5.91 Å². The van der Waals surface area contributed by atoms with Crippen molar-refractivity contribution >= 4 is 11.6 Å². The molecule has 2 unspecified atom stereocenters. The van der Waals surface area contributed by atoms with Crippen molar-refractivity contribution in [2.24, 2.45) is 17.3 Å². The van der Waals surface area contributed by atoms with Crippen LogP contribution in [0.25, 0.3) is 0 Å². The topological polar surface area (TPSA) is 42.0 Å². The third-order valence-corrected chi connectivity index (χ3v) is 3.65. The Balaban J connectivity index is 2.05. The van der Waals surface area contributed by atoms with Gasteiger partial charge in [0.05, 0.1) is 5.92 Å². The summed E-state index contributed by atoms with van der Waals surface area (Å²) in [5.41, 5.74) is 2.15. The summed E-state index contributed by atoms with van der Waals surface area (Å²) in [5, 5.41) is 2.95. The maximum atomic E-state index is 12.2. The molecule has 0 bridgehead atoms. The van der Waals surface area contributed by atoms with Crippen molar-refractivity contribution in [3.8, 4) is 0 Å². The summed E-state index contributed by atoms with van der Waals surface area (Å²) in [7, 11) is 0. The van der Waals surface area contributed by atoms with Gasteiger partial charge in [-0.1, -0.05) is 25.5 Å². The third-order valence-electron chi connectivity index (χ3n) is 3.65. The van der Waals surface area contributed by atoms with Crippen LogP contribution < -0.4 is 5.32 Å². The maximum Gasteiger partial charge on any atom is 0.228 e. The van der Waals surface area contributed by atoms with E-state index in [9.17, 15) is 4.79 Å². The molecule has 1 amide bonds. The van der Waals surface area contributed by atoms with E-state index in [0.717, 1.165) is 5.69 Å². The van der Waals surface area contributed by atoms with Crippen molar-refractivity contribution in [2.45, 2.75) is 27.7 Å². The van der Waals surface area contributed by atoms with Crippen LogP contribution in [0.2, 0.25) is 0 Å². The van der Waals surface area contributed by atoms with Crippen LogP contribution in [0.3, 0.4) is 0 Å². The first-order valence-corrected chi connectivity index (χ1v) is 6.29. The van der Waals surface area contributed by atoms with Crippen molar-refractivity contribution in [3.63, 3.8) is 0 Å². The summed E-state index contributed by atoms with van der Waals surface area (Å²) >= 11 is 0. The maximum absolute atomic E-state index is 12.2. The number of carbonyl (C=O) groups excluding carboxylic acids is 1. The lowest BCUT2D eigenvalue weighted by atomic mass is 10.1. The van der Waals surface area contributed by atoms with Crippen LogP contribution in [0, 0.1) is 17.3 Å². The second-order valence-electron chi connectivity index (χ2n) is 5.79. The van der Waals surface area contributed by atoms with E-state index >= 15 is 0 Å². The Morgan fingerprint density at radius 1 is 1.33 bits per heavy atom. The Labute approximate surface area is 108 Å². The molecule has 1 aromatic rings. The summed E-state index contributed by atoms with van der Waals surface area (Å²) in [6.07, 6.45) is 5.57. The number of hydrogen-bond acceptors (Lipinski definition) is 2. The van der Waals surface area contributed by atoms with Crippen LogP contribution in [0.4, 0.5) is 5.69 Å². The lowest BCUT2D eigenvalue weighted by molar-refractivity contribution is -0.118. The second kappa shape index (κ2) is 4.56. The quantitative estimate of drug-likeness (QED) is 0.829. The van der Waals surface area contributed by atoms with Gasteiger partial charge in [0.15, 0.2) is 0 Å². The minimum atomic E-state index is 0.0639. The molecule has 96 valence electrons. The number of allylic oxidation sites excluding steroid dienone is 2. The van der Waals surface area contributed by atoms with Gasteiger partial charge in [0, 0.05) is 18.1 Å². The van der Waals surface area contributed by atoms with Gasteiger partial charge < -0.3 is 5.32 Å². The monoisotopic (exact) mass is 244 g/mol. The predicted molar refractivity (Wildman–Crippen MR) is 73.1 cm³/mol. The Morgan fingerprint density at radius 3 is 2.50 bits per heavy atom. The van der Waals surface area contributed by atoms with Crippen molar-refractivity contribution in [2.75, 3.05) is 5.32 Å². The number of anilines is 1. The summed E-state index contributed by atoms with van der Waals surface area (Å²) < 4.78 is 0. The van der Waals surface area contributed by atoms with Gasteiger partial charge in [0.1, 0.15) is 0 Å². The van der Waals surface area contributed by atoms with E-state index < -0.39 is 0 Å². The molecular weight excluding hydrogens is 224 g/mol. The van der Waals surface area contributed by atoms with E-state index in [1.54, 1.807) is 12.4 Å². The minimum Gasteiger partial charge on any atom is -0.326 e. The number of nitrogens with zero attached hydrogens (tertiary/aromatic N) is 1. The van der Waals surface area contributed by atoms with Crippen LogP contribution in [0.5, 0.6) is 0 Å². The highest BCUT2D eigenvalue weighted by atomic mass is 16.2. The van der Waals surface area contributed by atoms with Crippen molar-refractivity contribution in [1.82, 2.24) is 4.98 Å². The molecule has 1 aliphatic rings. The van der Waals surface area contributed by atoms with Gasteiger partial charge in [0.25, 0.3) is 0 Å². The van der Waals surface area contributed by atoms with Crippen LogP contribution in [-0.2, 0) is 4.79 Å². The molecule has 1 heterocycles. The predicted octanol–water partition coefficient (Wildman–Crippen LogP) is 3.26. The van der Waals surface area contributed by atoms with E-state index in [1.807, 2.05) is 12.1 Å². The number of amides is 1. The standard InChI is InChI=1S/C15H20N2O/c1-10(2)9-12-13(15(12,3)4)14(18)17-11-5-7-16-8-6-11/h5-9,12-13H,1-4H3,(H,16,17,18). The van der Waals surface area contributed by atoms with E-state index in [4.69, 9.17) is 0 Å². The molecule has 0 radical (unpaired) electrons. The lowest BCUT2D eigenvalue weighted by Gasteiger charge is -2.05. The lowest BCUT2D eigenvalue weighted by Crippen LogP contribution is -2.16. The molecular formula is C15H20N2O. The number of rotatable bonds is 3. The Bertz CT molecular complexity index is 473. The number of hydrogen-bond donors (Lipinski definition) is 1. The first-order valence-electron chi connectivity index (χ1n) is 6.29. The number of pyridine rings is 1. The van der Waals surface area contributed by atoms with E-state index in [0.29, 0.717) is 5.92 Å². The molecule has 1 N–H and O–H groups in total. The van der Waals surface area contributed by atoms with Gasteiger partial charge in [-0.2, -0.15) is 0 Å². The highest BCUT2D eigenvalue weighted by molar-refractivity contribution is 5.95. The summed E-state index contributed by atoms with van der Waals surface area (Å²) in [5.74, 6) is 0.526. The normalized spacial score (nSPS) is 24.2. The minimum absolute atomic E-state index is 0.0639. The Hall–Kier alpha value is -1.64. The molecule has 3 nitrogen and oxygen atoms in total. The van der Waals surface area contributed by atoms with E-state index in [-0.39, 0.29) is 17.2 Å². The summed E-state index contributed by atoms with van der Waals surface area (Å²) in [6, 6.07) is 3.62. The van der Waals surface area contributed by atoms with Crippen LogP contribution in [-0.4, -0.2) is 10.9 Å². The Morgan fingerprint density at radius 2 is 1.94 bits per heavy atom. The fourth-order valence-corrected chi connectivity index (χ4v) is 2.50. The fourth-order valence-electron chi connectivity index (χ4n) is 2.50. The fraction of sp³-hybridized carbons (Fsp3) is 0.467. The van der Waals surface area contributed by atoms with E-state index in [1.165, 1.54) is 5.57 Å². The molecule has 0 aromatic carbocycles. The zero-order chi connectivity index (χ0) is 13.3. The second-order valence-corrected chi connectivity index (χ2v) is 5.79. The van der Waals surface area contributed by atoms with Crippen molar-refractivity contribution in [3.05, 3.63) is 36.2 Å². The van der Waals surface area contributed by atoms with Gasteiger partial charge in [-0.25, -0.2) is 0 Å². The summed E-state index contributed by atoms with van der Waals surface area (Å²) in [6.45, 7) is 8.44. The van der Waals surface area contributed by atoms with Crippen molar-refractivity contribution < 1.29 is 4.79 Å². The highest BCUT2D eigenvalue weighted by Gasteiger charge is 2.60. The highest BCUT2D eigenvalue weighted by Crippen LogP contribution is 2.59. The third kappa shape index (κ3) is 2.45. The molecule has 2 rings (SSSR count). The van der Waals surface area contributed by atoms with Gasteiger partial charge in [-0.05, 0) is 37.3 Å². The zero-order valence-electron chi connectivity index (χ0n) is 11.4. The first-order chi connectivity index (χ1) is 8.43.